The summed E-state index contributed by atoms with van der Waals surface area (Å²) in [6, 6.07) is 3.01. The first kappa shape index (κ1) is 14.4. The zero-order valence-corrected chi connectivity index (χ0v) is 11.8. The lowest BCUT2D eigenvalue weighted by Gasteiger charge is -2.19. The van der Waals surface area contributed by atoms with E-state index < -0.39 is 0 Å². The second-order valence-electron chi connectivity index (χ2n) is 4.81. The van der Waals surface area contributed by atoms with Crippen molar-refractivity contribution >= 4 is 34.8 Å². The number of aliphatic hydroxyl groups excluding tert-OH is 1. The van der Waals surface area contributed by atoms with Crippen LogP contribution >= 0.6 is 23.2 Å². The number of halogens is 2. The van der Waals surface area contributed by atoms with Crippen molar-refractivity contribution < 1.29 is 9.90 Å². The molecular formula is C13H16Cl2N2O2. The van der Waals surface area contributed by atoms with Crippen LogP contribution < -0.4 is 11.1 Å². The molecule has 4 N–H and O–H groups in total. The number of hydrogen-bond acceptors (Lipinski definition) is 3. The number of nitrogen functional groups attached to an aromatic ring is 1. The van der Waals surface area contributed by atoms with Crippen LogP contribution in [0.4, 0.5) is 5.69 Å². The second-order valence-corrected chi connectivity index (χ2v) is 5.62. The van der Waals surface area contributed by atoms with E-state index in [0.29, 0.717) is 5.56 Å². The van der Waals surface area contributed by atoms with E-state index >= 15 is 0 Å². The van der Waals surface area contributed by atoms with Crippen LogP contribution in [0, 0.1) is 5.92 Å². The summed E-state index contributed by atoms with van der Waals surface area (Å²) in [5.74, 6) is -0.113. The van der Waals surface area contributed by atoms with Gasteiger partial charge in [0.1, 0.15) is 0 Å². The highest BCUT2D eigenvalue weighted by molar-refractivity contribution is 6.39. The minimum atomic E-state index is -0.242. The molecule has 0 aromatic heterocycles. The largest absolute Gasteiger partial charge is 0.396 e. The van der Waals surface area contributed by atoms with Gasteiger partial charge in [-0.05, 0) is 25.0 Å². The first-order valence-electron chi connectivity index (χ1n) is 6.19. The number of carbonyl (C=O) groups excluding carboxylic acids is 1. The zero-order chi connectivity index (χ0) is 14.0. The third kappa shape index (κ3) is 3.14. The molecule has 6 heteroatoms. The van der Waals surface area contributed by atoms with Crippen LogP contribution in [-0.2, 0) is 0 Å². The molecule has 2 atom stereocenters. The van der Waals surface area contributed by atoms with Crippen LogP contribution in [0.3, 0.4) is 0 Å². The topological polar surface area (TPSA) is 75.4 Å². The molecule has 104 valence electrons. The molecule has 1 aromatic carbocycles. The van der Waals surface area contributed by atoms with E-state index in [9.17, 15) is 9.90 Å². The van der Waals surface area contributed by atoms with Crippen LogP contribution in [0.15, 0.2) is 12.1 Å². The van der Waals surface area contributed by atoms with E-state index in [1.165, 1.54) is 12.1 Å². The number of aliphatic hydroxyl groups is 1. The van der Waals surface area contributed by atoms with Gasteiger partial charge in [0.05, 0.1) is 15.7 Å². The van der Waals surface area contributed by atoms with Crippen molar-refractivity contribution in [2.45, 2.75) is 25.3 Å². The maximum atomic E-state index is 12.1. The molecular weight excluding hydrogens is 287 g/mol. The minimum Gasteiger partial charge on any atom is -0.396 e. The molecule has 2 rings (SSSR count). The fourth-order valence-electron chi connectivity index (χ4n) is 2.41. The van der Waals surface area contributed by atoms with Gasteiger partial charge in [0.25, 0.3) is 5.91 Å². The van der Waals surface area contributed by atoms with Gasteiger partial charge in [-0.1, -0.05) is 29.6 Å². The second kappa shape index (κ2) is 5.99. The van der Waals surface area contributed by atoms with Gasteiger partial charge in [0.2, 0.25) is 0 Å². The number of carbonyl (C=O) groups is 1. The molecule has 1 amide bonds. The fourth-order valence-corrected chi connectivity index (χ4v) is 2.90. The molecule has 0 aliphatic heterocycles. The van der Waals surface area contributed by atoms with Crippen LogP contribution in [0.5, 0.6) is 0 Å². The zero-order valence-electron chi connectivity index (χ0n) is 10.3. The molecule has 0 bridgehead atoms. The van der Waals surface area contributed by atoms with Crippen molar-refractivity contribution in [1.29, 1.82) is 0 Å². The van der Waals surface area contributed by atoms with Crippen molar-refractivity contribution in [2.24, 2.45) is 5.92 Å². The lowest BCUT2D eigenvalue weighted by Crippen LogP contribution is -2.38. The number of rotatable bonds is 3. The Bertz CT molecular complexity index is 471. The summed E-state index contributed by atoms with van der Waals surface area (Å²) in [5, 5.41) is 12.7. The van der Waals surface area contributed by atoms with E-state index in [0.717, 1.165) is 19.3 Å². The average Bonchev–Trinajstić information content (AvgIpc) is 2.82. The SMILES string of the molecule is Nc1c(Cl)cc(C(=O)NC2CCCC2CO)cc1Cl. The summed E-state index contributed by atoms with van der Waals surface area (Å²) in [6.45, 7) is 0.0915. The third-order valence-corrected chi connectivity index (χ3v) is 4.18. The molecule has 1 saturated carbocycles. The Labute approximate surface area is 121 Å². The molecule has 1 fully saturated rings. The molecule has 0 spiro atoms. The standard InChI is InChI=1S/C13H16Cl2N2O2/c14-9-4-8(5-10(15)12(9)16)13(19)17-11-3-1-2-7(11)6-18/h4-5,7,11,18H,1-3,6,16H2,(H,17,19). The quantitative estimate of drug-likeness (QED) is 0.751. The van der Waals surface area contributed by atoms with Crippen molar-refractivity contribution in [3.05, 3.63) is 27.7 Å². The summed E-state index contributed by atoms with van der Waals surface area (Å²) in [7, 11) is 0. The van der Waals surface area contributed by atoms with Gasteiger partial charge in [-0.3, -0.25) is 4.79 Å². The average molecular weight is 303 g/mol. The summed E-state index contributed by atoms with van der Waals surface area (Å²) < 4.78 is 0. The van der Waals surface area contributed by atoms with E-state index in [2.05, 4.69) is 5.32 Å². The number of amides is 1. The summed E-state index contributed by atoms with van der Waals surface area (Å²) in [6.07, 6.45) is 2.83. The van der Waals surface area contributed by atoms with Crippen LogP contribution in [0.2, 0.25) is 10.0 Å². The first-order valence-corrected chi connectivity index (χ1v) is 6.94. The molecule has 1 aliphatic rings. The first-order chi connectivity index (χ1) is 9.02. The summed E-state index contributed by atoms with van der Waals surface area (Å²) >= 11 is 11.8. The van der Waals surface area contributed by atoms with Crippen molar-refractivity contribution in [1.82, 2.24) is 5.32 Å². The molecule has 0 radical (unpaired) electrons. The lowest BCUT2D eigenvalue weighted by molar-refractivity contribution is 0.0916. The Hall–Kier alpha value is -0.970. The number of benzene rings is 1. The molecule has 0 saturated heterocycles. The van der Waals surface area contributed by atoms with Gasteiger partial charge >= 0.3 is 0 Å². The Balaban J connectivity index is 2.12. The molecule has 0 heterocycles. The van der Waals surface area contributed by atoms with E-state index in [4.69, 9.17) is 28.9 Å². The van der Waals surface area contributed by atoms with E-state index in [1.54, 1.807) is 0 Å². The van der Waals surface area contributed by atoms with Gasteiger partial charge < -0.3 is 16.2 Å². The summed E-state index contributed by atoms with van der Waals surface area (Å²) in [4.78, 5) is 12.1. The number of hydrogen-bond donors (Lipinski definition) is 3. The molecule has 1 aromatic rings. The predicted molar refractivity (Wildman–Crippen MR) is 76.6 cm³/mol. The number of anilines is 1. The van der Waals surface area contributed by atoms with Crippen molar-refractivity contribution in [2.75, 3.05) is 12.3 Å². The molecule has 4 nitrogen and oxygen atoms in total. The molecule has 1 aliphatic carbocycles. The van der Waals surface area contributed by atoms with Crippen molar-refractivity contribution in [3.8, 4) is 0 Å². The Morgan fingerprint density at radius 2 is 2.00 bits per heavy atom. The Kier molecular flexibility index (Phi) is 4.55. The Morgan fingerprint density at radius 3 is 2.58 bits per heavy atom. The number of nitrogens with one attached hydrogen (secondary N) is 1. The third-order valence-electron chi connectivity index (χ3n) is 3.55. The molecule has 19 heavy (non-hydrogen) atoms. The smallest absolute Gasteiger partial charge is 0.251 e. The maximum Gasteiger partial charge on any atom is 0.251 e. The highest BCUT2D eigenvalue weighted by Crippen LogP contribution is 2.29. The lowest BCUT2D eigenvalue weighted by atomic mass is 10.0. The van der Waals surface area contributed by atoms with Gasteiger partial charge in [-0.2, -0.15) is 0 Å². The van der Waals surface area contributed by atoms with Gasteiger partial charge in [0, 0.05) is 24.1 Å². The predicted octanol–water partition coefficient (Wildman–Crippen LogP) is 2.47. The molecule has 2 unspecified atom stereocenters. The van der Waals surface area contributed by atoms with Crippen molar-refractivity contribution in [3.63, 3.8) is 0 Å². The van der Waals surface area contributed by atoms with Crippen LogP contribution in [0.25, 0.3) is 0 Å². The van der Waals surface area contributed by atoms with Gasteiger partial charge in [-0.25, -0.2) is 0 Å². The highest BCUT2D eigenvalue weighted by atomic mass is 35.5. The highest BCUT2D eigenvalue weighted by Gasteiger charge is 2.28. The van der Waals surface area contributed by atoms with E-state index in [1.807, 2.05) is 0 Å². The monoisotopic (exact) mass is 302 g/mol. The maximum absolute atomic E-state index is 12.1. The fraction of sp³-hybridized carbons (Fsp3) is 0.462. The summed E-state index contributed by atoms with van der Waals surface area (Å²) in [5.41, 5.74) is 6.28. The number of nitrogens with two attached hydrogens (primary N) is 1. The van der Waals surface area contributed by atoms with Gasteiger partial charge in [-0.15, -0.1) is 0 Å². The minimum absolute atomic E-state index is 0.00704. The van der Waals surface area contributed by atoms with Crippen LogP contribution in [-0.4, -0.2) is 23.7 Å². The normalized spacial score (nSPS) is 22.5. The Morgan fingerprint density at radius 1 is 1.37 bits per heavy atom. The van der Waals surface area contributed by atoms with Crippen LogP contribution in [0.1, 0.15) is 29.6 Å². The van der Waals surface area contributed by atoms with Gasteiger partial charge in [0.15, 0.2) is 0 Å². The van der Waals surface area contributed by atoms with E-state index in [-0.39, 0.29) is 40.2 Å².